The number of nitrogens with one attached hydrogen (secondary N) is 3. The summed E-state index contributed by atoms with van der Waals surface area (Å²) in [5.74, 6) is 0.572. The topological polar surface area (TPSA) is 71.9 Å². The zero-order chi connectivity index (χ0) is 20.4. The SMILES string of the molecule is CCCNC(=O)C[NH+](C)[C@H](C)C(=O)Nc1ccc(OCc2ccccc2)cc1. The number of benzene rings is 2. The zero-order valence-electron chi connectivity index (χ0n) is 16.8. The molecule has 0 saturated heterocycles. The Labute approximate surface area is 166 Å². The van der Waals surface area contributed by atoms with Gasteiger partial charge < -0.3 is 20.3 Å². The Hall–Kier alpha value is -2.86. The number of quaternary nitrogens is 1. The second-order valence-corrected chi connectivity index (χ2v) is 6.88. The molecule has 0 heterocycles. The van der Waals surface area contributed by atoms with Crippen LogP contribution in [0.1, 0.15) is 25.8 Å². The Kier molecular flexibility index (Phi) is 8.49. The average molecular weight is 385 g/mol. The fourth-order valence-electron chi connectivity index (χ4n) is 2.58. The van der Waals surface area contributed by atoms with E-state index < -0.39 is 0 Å². The fraction of sp³-hybridized carbons (Fsp3) is 0.364. The Morgan fingerprint density at radius 2 is 1.75 bits per heavy atom. The zero-order valence-corrected chi connectivity index (χ0v) is 16.8. The second kappa shape index (κ2) is 11.1. The van der Waals surface area contributed by atoms with Crippen LogP contribution in [-0.4, -0.2) is 38.0 Å². The number of carbonyl (C=O) groups excluding carboxylic acids is 2. The van der Waals surface area contributed by atoms with Gasteiger partial charge in [-0.25, -0.2) is 0 Å². The van der Waals surface area contributed by atoms with E-state index in [2.05, 4.69) is 10.6 Å². The summed E-state index contributed by atoms with van der Waals surface area (Å²) in [6, 6.07) is 16.9. The van der Waals surface area contributed by atoms with Gasteiger partial charge in [0.25, 0.3) is 11.8 Å². The fourth-order valence-corrected chi connectivity index (χ4v) is 2.58. The highest BCUT2D eigenvalue weighted by Gasteiger charge is 2.23. The second-order valence-electron chi connectivity index (χ2n) is 6.88. The van der Waals surface area contributed by atoms with Gasteiger partial charge >= 0.3 is 0 Å². The van der Waals surface area contributed by atoms with Crippen molar-refractivity contribution >= 4 is 17.5 Å². The molecule has 2 aromatic rings. The van der Waals surface area contributed by atoms with Crippen LogP contribution in [0.5, 0.6) is 5.75 Å². The lowest BCUT2D eigenvalue weighted by molar-refractivity contribution is -0.885. The molecule has 0 spiro atoms. The molecular formula is C22H30N3O3+. The number of hydrogen-bond donors (Lipinski definition) is 3. The summed E-state index contributed by atoms with van der Waals surface area (Å²) < 4.78 is 5.75. The minimum absolute atomic E-state index is 0.0427. The van der Waals surface area contributed by atoms with E-state index in [9.17, 15) is 9.59 Å². The van der Waals surface area contributed by atoms with Crippen molar-refractivity contribution < 1.29 is 19.2 Å². The van der Waals surface area contributed by atoms with Crippen molar-refractivity contribution in [3.05, 3.63) is 60.2 Å². The molecule has 0 aliphatic rings. The number of amides is 2. The summed E-state index contributed by atoms with van der Waals surface area (Å²) >= 11 is 0. The van der Waals surface area contributed by atoms with E-state index in [0.29, 0.717) is 18.8 Å². The number of ether oxygens (including phenoxy) is 1. The maximum Gasteiger partial charge on any atom is 0.282 e. The van der Waals surface area contributed by atoms with Crippen LogP contribution in [0.25, 0.3) is 0 Å². The van der Waals surface area contributed by atoms with Gasteiger partial charge in [-0.1, -0.05) is 37.3 Å². The molecule has 6 nitrogen and oxygen atoms in total. The van der Waals surface area contributed by atoms with Crippen LogP contribution in [0.15, 0.2) is 54.6 Å². The molecule has 6 heteroatoms. The number of likely N-dealkylation sites (N-methyl/N-ethyl adjacent to an activating group) is 1. The van der Waals surface area contributed by atoms with Crippen LogP contribution in [0, 0.1) is 0 Å². The largest absolute Gasteiger partial charge is 0.489 e. The average Bonchev–Trinajstić information content (AvgIpc) is 2.71. The molecule has 150 valence electrons. The van der Waals surface area contributed by atoms with E-state index in [1.54, 1.807) is 0 Å². The van der Waals surface area contributed by atoms with E-state index in [4.69, 9.17) is 4.74 Å². The molecule has 0 aromatic heterocycles. The van der Waals surface area contributed by atoms with Crippen molar-refractivity contribution in [3.8, 4) is 5.75 Å². The first kappa shape index (κ1) is 21.4. The van der Waals surface area contributed by atoms with Gasteiger partial charge in [0.15, 0.2) is 12.6 Å². The van der Waals surface area contributed by atoms with Gasteiger partial charge in [0.1, 0.15) is 12.4 Å². The third kappa shape index (κ3) is 7.04. The summed E-state index contributed by atoms with van der Waals surface area (Å²) in [6.45, 7) is 5.24. The molecule has 0 saturated carbocycles. The molecular weight excluding hydrogens is 354 g/mol. The summed E-state index contributed by atoms with van der Waals surface area (Å²) in [6.07, 6.45) is 0.895. The van der Waals surface area contributed by atoms with Crippen LogP contribution < -0.4 is 20.3 Å². The lowest BCUT2D eigenvalue weighted by Crippen LogP contribution is -3.15. The molecule has 2 amide bonds. The van der Waals surface area contributed by atoms with Gasteiger partial charge in [0, 0.05) is 12.2 Å². The highest BCUT2D eigenvalue weighted by molar-refractivity contribution is 5.93. The molecule has 2 rings (SSSR count). The number of anilines is 1. The Balaban J connectivity index is 1.81. The van der Waals surface area contributed by atoms with Crippen molar-refractivity contribution in [2.24, 2.45) is 0 Å². The van der Waals surface area contributed by atoms with E-state index >= 15 is 0 Å². The molecule has 3 N–H and O–H groups in total. The lowest BCUT2D eigenvalue weighted by atomic mass is 10.2. The van der Waals surface area contributed by atoms with Crippen molar-refractivity contribution in [2.75, 3.05) is 25.5 Å². The summed E-state index contributed by atoms with van der Waals surface area (Å²) in [5.41, 5.74) is 1.80. The van der Waals surface area contributed by atoms with Crippen LogP contribution in [0.3, 0.4) is 0 Å². The quantitative estimate of drug-likeness (QED) is 0.583. The smallest absolute Gasteiger partial charge is 0.282 e. The maximum absolute atomic E-state index is 12.5. The normalized spacial score (nSPS) is 12.7. The molecule has 0 aliphatic carbocycles. The van der Waals surface area contributed by atoms with Crippen LogP contribution >= 0.6 is 0 Å². The standard InChI is InChI=1S/C22H29N3O3/c1-4-14-23-21(26)15-25(3)17(2)22(27)24-19-10-12-20(13-11-19)28-16-18-8-6-5-7-9-18/h5-13,17H,4,14-16H2,1-3H3,(H,23,26)(H,24,27)/p+1/t17-/m1/s1. The molecule has 0 fully saturated rings. The predicted molar refractivity (Wildman–Crippen MR) is 110 cm³/mol. The van der Waals surface area contributed by atoms with Gasteiger partial charge in [0.2, 0.25) is 0 Å². The third-order valence-corrected chi connectivity index (χ3v) is 4.51. The van der Waals surface area contributed by atoms with Crippen molar-refractivity contribution in [3.63, 3.8) is 0 Å². The molecule has 0 aliphatic heterocycles. The Morgan fingerprint density at radius 1 is 1.07 bits per heavy atom. The van der Waals surface area contributed by atoms with Gasteiger partial charge in [-0.2, -0.15) is 0 Å². The van der Waals surface area contributed by atoms with E-state index in [1.165, 1.54) is 0 Å². The van der Waals surface area contributed by atoms with Crippen molar-refractivity contribution in [1.82, 2.24) is 5.32 Å². The van der Waals surface area contributed by atoms with Gasteiger partial charge in [-0.3, -0.25) is 9.59 Å². The minimum Gasteiger partial charge on any atom is -0.489 e. The Bertz CT molecular complexity index is 747. The van der Waals surface area contributed by atoms with Crippen LogP contribution in [0.2, 0.25) is 0 Å². The Morgan fingerprint density at radius 3 is 2.39 bits per heavy atom. The monoisotopic (exact) mass is 384 g/mol. The first-order valence-electron chi connectivity index (χ1n) is 9.66. The molecule has 28 heavy (non-hydrogen) atoms. The van der Waals surface area contributed by atoms with Gasteiger partial charge in [-0.15, -0.1) is 0 Å². The molecule has 0 radical (unpaired) electrons. The molecule has 2 atom stereocenters. The third-order valence-electron chi connectivity index (χ3n) is 4.51. The van der Waals surface area contributed by atoms with E-state index in [1.807, 2.05) is 75.5 Å². The molecule has 2 aromatic carbocycles. The van der Waals surface area contributed by atoms with Crippen molar-refractivity contribution in [1.29, 1.82) is 0 Å². The number of rotatable bonds is 10. The number of hydrogen-bond acceptors (Lipinski definition) is 3. The first-order chi connectivity index (χ1) is 13.5. The highest BCUT2D eigenvalue weighted by atomic mass is 16.5. The highest BCUT2D eigenvalue weighted by Crippen LogP contribution is 2.17. The van der Waals surface area contributed by atoms with Crippen LogP contribution in [-0.2, 0) is 16.2 Å². The molecule has 1 unspecified atom stereocenters. The first-order valence-corrected chi connectivity index (χ1v) is 9.66. The lowest BCUT2D eigenvalue weighted by Gasteiger charge is -2.20. The summed E-state index contributed by atoms with van der Waals surface area (Å²) in [4.78, 5) is 25.1. The minimum atomic E-state index is -0.346. The van der Waals surface area contributed by atoms with Crippen LogP contribution in [0.4, 0.5) is 5.69 Å². The maximum atomic E-state index is 12.5. The summed E-state index contributed by atoms with van der Waals surface area (Å²) in [7, 11) is 1.84. The predicted octanol–water partition coefficient (Wildman–Crippen LogP) is 1.63. The molecule has 0 bridgehead atoms. The van der Waals surface area contributed by atoms with Gasteiger partial charge in [-0.05, 0) is 43.2 Å². The number of carbonyl (C=O) groups is 2. The van der Waals surface area contributed by atoms with E-state index in [-0.39, 0.29) is 24.4 Å². The summed E-state index contributed by atoms with van der Waals surface area (Å²) in [5, 5.41) is 5.72. The van der Waals surface area contributed by atoms with E-state index in [0.717, 1.165) is 22.6 Å². The van der Waals surface area contributed by atoms with Gasteiger partial charge in [0.05, 0.1) is 7.05 Å². The van der Waals surface area contributed by atoms with Crippen molar-refractivity contribution in [2.45, 2.75) is 32.9 Å².